The number of amides is 1. The molecule has 0 radical (unpaired) electrons. The van der Waals surface area contributed by atoms with E-state index in [1.165, 1.54) is 0 Å². The third kappa shape index (κ3) is 3.33. The van der Waals surface area contributed by atoms with E-state index in [-0.39, 0.29) is 11.9 Å². The zero-order valence-corrected chi connectivity index (χ0v) is 12.7. The zero-order valence-electron chi connectivity index (χ0n) is 12.7. The minimum absolute atomic E-state index is 0.121. The number of aromatic nitrogens is 3. The molecule has 0 spiro atoms. The van der Waals surface area contributed by atoms with Gasteiger partial charge in [0.15, 0.2) is 0 Å². The van der Waals surface area contributed by atoms with Crippen LogP contribution in [0, 0.1) is 6.92 Å². The second kappa shape index (κ2) is 6.70. The highest BCUT2D eigenvalue weighted by molar-refractivity contribution is 5.77. The summed E-state index contributed by atoms with van der Waals surface area (Å²) in [5.41, 5.74) is 2.07. The van der Waals surface area contributed by atoms with Gasteiger partial charge in [-0.3, -0.25) is 9.78 Å². The second-order valence-electron chi connectivity index (χ2n) is 5.49. The molecule has 1 N–H and O–H groups in total. The van der Waals surface area contributed by atoms with Gasteiger partial charge in [0.1, 0.15) is 11.9 Å². The standard InChI is InChI=1S/C16H20N4O2/c1-12-9-18-16(19-12)14-11-22-8-7-20(14)15(21)5-4-13-3-2-6-17-10-13/h2-3,6,9-10,14H,4-5,7-8,11H2,1H3,(H,18,19)/t14-/m1/s1. The normalized spacial score (nSPS) is 18.4. The molecule has 1 fully saturated rings. The Kier molecular flexibility index (Phi) is 4.48. The van der Waals surface area contributed by atoms with Crippen molar-refractivity contribution in [2.75, 3.05) is 19.8 Å². The van der Waals surface area contributed by atoms with Crippen molar-refractivity contribution >= 4 is 5.91 Å². The summed E-state index contributed by atoms with van der Waals surface area (Å²) in [6.07, 6.45) is 6.50. The summed E-state index contributed by atoms with van der Waals surface area (Å²) < 4.78 is 5.53. The molecule has 6 heteroatoms. The largest absolute Gasteiger partial charge is 0.377 e. The maximum atomic E-state index is 12.6. The Hall–Kier alpha value is -2.21. The molecule has 2 aromatic heterocycles. The number of pyridine rings is 1. The monoisotopic (exact) mass is 300 g/mol. The van der Waals surface area contributed by atoms with Gasteiger partial charge < -0.3 is 14.6 Å². The minimum Gasteiger partial charge on any atom is -0.377 e. The minimum atomic E-state index is -0.121. The van der Waals surface area contributed by atoms with Crippen LogP contribution in [0.5, 0.6) is 0 Å². The Bertz CT molecular complexity index is 626. The second-order valence-corrected chi connectivity index (χ2v) is 5.49. The van der Waals surface area contributed by atoms with Crippen LogP contribution in [-0.2, 0) is 16.0 Å². The number of nitrogens with zero attached hydrogens (tertiary/aromatic N) is 3. The van der Waals surface area contributed by atoms with Crippen molar-refractivity contribution in [1.82, 2.24) is 19.9 Å². The topological polar surface area (TPSA) is 71.1 Å². The van der Waals surface area contributed by atoms with Crippen LogP contribution in [-0.4, -0.2) is 45.5 Å². The summed E-state index contributed by atoms with van der Waals surface area (Å²) in [5, 5.41) is 0. The van der Waals surface area contributed by atoms with Crippen LogP contribution in [0.3, 0.4) is 0 Å². The average Bonchev–Trinajstić information content (AvgIpc) is 3.00. The van der Waals surface area contributed by atoms with E-state index in [1.54, 1.807) is 18.6 Å². The molecule has 1 atom stereocenters. The molecular formula is C16H20N4O2. The van der Waals surface area contributed by atoms with Crippen molar-refractivity contribution in [3.8, 4) is 0 Å². The molecule has 1 aliphatic heterocycles. The number of imidazole rings is 1. The lowest BCUT2D eigenvalue weighted by Crippen LogP contribution is -2.44. The summed E-state index contributed by atoms with van der Waals surface area (Å²) in [5.74, 6) is 0.929. The molecule has 0 saturated carbocycles. The van der Waals surface area contributed by atoms with Crippen LogP contribution >= 0.6 is 0 Å². The Labute approximate surface area is 129 Å². The highest BCUT2D eigenvalue weighted by atomic mass is 16.5. The number of carbonyl (C=O) groups is 1. The molecular weight excluding hydrogens is 280 g/mol. The maximum Gasteiger partial charge on any atom is 0.223 e. The van der Waals surface area contributed by atoms with Gasteiger partial charge in [0.25, 0.3) is 0 Å². The third-order valence-electron chi connectivity index (χ3n) is 3.84. The van der Waals surface area contributed by atoms with Crippen molar-refractivity contribution in [3.05, 3.63) is 47.8 Å². The van der Waals surface area contributed by atoms with Crippen LogP contribution < -0.4 is 0 Å². The molecule has 1 aliphatic rings. The summed E-state index contributed by atoms with van der Waals surface area (Å²) in [7, 11) is 0. The van der Waals surface area contributed by atoms with Gasteiger partial charge in [-0.25, -0.2) is 4.98 Å². The summed E-state index contributed by atoms with van der Waals surface area (Å²) in [6.45, 7) is 3.63. The van der Waals surface area contributed by atoms with Crippen molar-refractivity contribution in [3.63, 3.8) is 0 Å². The predicted molar refractivity (Wildman–Crippen MR) is 81.2 cm³/mol. The maximum absolute atomic E-state index is 12.6. The molecule has 1 amide bonds. The van der Waals surface area contributed by atoms with Gasteiger partial charge in [-0.05, 0) is 25.0 Å². The van der Waals surface area contributed by atoms with E-state index in [0.29, 0.717) is 32.6 Å². The Morgan fingerprint density at radius 1 is 1.50 bits per heavy atom. The van der Waals surface area contributed by atoms with E-state index < -0.39 is 0 Å². The van der Waals surface area contributed by atoms with Gasteiger partial charge in [-0.2, -0.15) is 0 Å². The fourth-order valence-electron chi connectivity index (χ4n) is 2.67. The molecule has 0 aliphatic carbocycles. The number of ether oxygens (including phenoxy) is 1. The van der Waals surface area contributed by atoms with Gasteiger partial charge in [-0.15, -0.1) is 0 Å². The predicted octanol–water partition coefficient (Wildman–Crippen LogP) is 1.65. The Morgan fingerprint density at radius 3 is 3.14 bits per heavy atom. The molecule has 22 heavy (non-hydrogen) atoms. The van der Waals surface area contributed by atoms with Crippen LogP contribution in [0.2, 0.25) is 0 Å². The molecule has 6 nitrogen and oxygen atoms in total. The molecule has 3 heterocycles. The number of morpholine rings is 1. The summed E-state index contributed by atoms with van der Waals surface area (Å²) >= 11 is 0. The van der Waals surface area contributed by atoms with Crippen molar-refractivity contribution < 1.29 is 9.53 Å². The first-order valence-corrected chi connectivity index (χ1v) is 7.51. The molecule has 1 saturated heterocycles. The first-order chi connectivity index (χ1) is 10.7. The smallest absolute Gasteiger partial charge is 0.223 e. The average molecular weight is 300 g/mol. The van der Waals surface area contributed by atoms with Gasteiger partial charge in [0.05, 0.1) is 13.2 Å². The lowest BCUT2D eigenvalue weighted by atomic mass is 10.1. The SMILES string of the molecule is Cc1cnc([C@H]2COCCN2C(=O)CCc2cccnc2)[nH]1. The fourth-order valence-corrected chi connectivity index (χ4v) is 2.67. The van der Waals surface area contributed by atoms with Crippen LogP contribution in [0.25, 0.3) is 0 Å². The van der Waals surface area contributed by atoms with Crippen LogP contribution in [0.15, 0.2) is 30.7 Å². The number of rotatable bonds is 4. The van der Waals surface area contributed by atoms with Crippen molar-refractivity contribution in [2.24, 2.45) is 0 Å². The van der Waals surface area contributed by atoms with Crippen LogP contribution in [0.4, 0.5) is 0 Å². The summed E-state index contributed by atoms with van der Waals surface area (Å²) in [4.78, 5) is 26.1. The van der Waals surface area contributed by atoms with E-state index in [9.17, 15) is 4.79 Å². The van der Waals surface area contributed by atoms with Gasteiger partial charge in [-0.1, -0.05) is 6.07 Å². The number of carbonyl (C=O) groups excluding carboxylic acids is 1. The number of aromatic amines is 1. The number of hydrogen-bond acceptors (Lipinski definition) is 4. The third-order valence-corrected chi connectivity index (χ3v) is 3.84. The number of hydrogen-bond donors (Lipinski definition) is 1. The molecule has 3 rings (SSSR count). The molecule has 116 valence electrons. The van der Waals surface area contributed by atoms with Gasteiger partial charge in [0.2, 0.25) is 5.91 Å². The van der Waals surface area contributed by atoms with E-state index >= 15 is 0 Å². The Balaban J connectivity index is 1.66. The number of H-pyrrole nitrogens is 1. The van der Waals surface area contributed by atoms with E-state index in [4.69, 9.17) is 4.74 Å². The molecule has 0 aromatic carbocycles. The number of nitrogens with one attached hydrogen (secondary N) is 1. The van der Waals surface area contributed by atoms with Crippen molar-refractivity contribution in [2.45, 2.75) is 25.8 Å². The first kappa shape index (κ1) is 14.7. The van der Waals surface area contributed by atoms with E-state index in [2.05, 4.69) is 15.0 Å². The van der Waals surface area contributed by atoms with Crippen molar-refractivity contribution in [1.29, 1.82) is 0 Å². The van der Waals surface area contributed by atoms with Crippen LogP contribution in [0.1, 0.15) is 29.5 Å². The highest BCUT2D eigenvalue weighted by Crippen LogP contribution is 2.23. The molecule has 0 bridgehead atoms. The van der Waals surface area contributed by atoms with E-state index in [0.717, 1.165) is 17.1 Å². The van der Waals surface area contributed by atoms with Gasteiger partial charge >= 0.3 is 0 Å². The quantitative estimate of drug-likeness (QED) is 0.932. The first-order valence-electron chi connectivity index (χ1n) is 7.51. The highest BCUT2D eigenvalue weighted by Gasteiger charge is 2.30. The molecule has 0 unspecified atom stereocenters. The number of aryl methyl sites for hydroxylation is 2. The van der Waals surface area contributed by atoms with Gasteiger partial charge in [0, 0.05) is 37.3 Å². The lowest BCUT2D eigenvalue weighted by molar-refractivity contribution is -0.140. The lowest BCUT2D eigenvalue weighted by Gasteiger charge is -2.34. The Morgan fingerprint density at radius 2 is 2.41 bits per heavy atom. The molecule has 2 aromatic rings. The zero-order chi connectivity index (χ0) is 15.4. The summed E-state index contributed by atoms with van der Waals surface area (Å²) in [6, 6.07) is 3.76. The fraction of sp³-hybridized carbons (Fsp3) is 0.438. The van der Waals surface area contributed by atoms with E-state index in [1.807, 2.05) is 24.0 Å².